The second-order valence-electron chi connectivity index (χ2n) is 6.56. The lowest BCUT2D eigenvalue weighted by Gasteiger charge is -2.26. The van der Waals surface area contributed by atoms with Crippen LogP contribution in [0.15, 0.2) is 45.3 Å². The third kappa shape index (κ3) is 5.13. The van der Waals surface area contributed by atoms with Gasteiger partial charge in [0.2, 0.25) is 0 Å². The van der Waals surface area contributed by atoms with E-state index < -0.39 is 9.84 Å². The van der Waals surface area contributed by atoms with Gasteiger partial charge in [0.1, 0.15) is 18.1 Å². The molecule has 1 aliphatic heterocycles. The molecule has 2 heterocycles. The molecule has 27 heavy (non-hydrogen) atoms. The van der Waals surface area contributed by atoms with Crippen LogP contribution < -0.4 is 4.74 Å². The Morgan fingerprint density at radius 2 is 2.00 bits per heavy atom. The van der Waals surface area contributed by atoms with Crippen LogP contribution in [0.1, 0.15) is 36.1 Å². The summed E-state index contributed by atoms with van der Waals surface area (Å²) in [6.07, 6.45) is 1.23. The lowest BCUT2D eigenvalue weighted by Crippen LogP contribution is -2.41. The van der Waals surface area contributed by atoms with Gasteiger partial charge in [-0.3, -0.25) is 4.79 Å². The number of nitrogens with zero attached hydrogens (tertiary/aromatic N) is 1. The molecule has 0 bridgehead atoms. The lowest BCUT2D eigenvalue weighted by atomic mass is 10.2. The van der Waals surface area contributed by atoms with Crippen LogP contribution in [-0.2, 0) is 16.4 Å². The lowest BCUT2D eigenvalue weighted by molar-refractivity contribution is 0.0660. The van der Waals surface area contributed by atoms with E-state index in [-0.39, 0.29) is 35.8 Å². The number of sulfone groups is 1. The summed E-state index contributed by atoms with van der Waals surface area (Å²) in [5, 5.41) is 0. The molecular formula is C19H22BrNO5S. The largest absolute Gasteiger partial charge is 0.486 e. The summed E-state index contributed by atoms with van der Waals surface area (Å²) in [5.41, 5.74) is 0. The van der Waals surface area contributed by atoms with E-state index in [0.717, 1.165) is 10.9 Å². The van der Waals surface area contributed by atoms with Crippen LogP contribution in [0.4, 0.5) is 0 Å². The van der Waals surface area contributed by atoms with E-state index in [1.54, 1.807) is 17.0 Å². The summed E-state index contributed by atoms with van der Waals surface area (Å²) >= 11 is 3.37. The van der Waals surface area contributed by atoms with E-state index in [2.05, 4.69) is 15.9 Å². The minimum Gasteiger partial charge on any atom is -0.486 e. The SMILES string of the molecule is CCCN(C(=O)c1ccc(COc2ccc(Br)cc2)o1)C1CCS(=O)(=O)C1. The predicted octanol–water partition coefficient (Wildman–Crippen LogP) is 3.66. The van der Waals surface area contributed by atoms with Crippen LogP contribution in [0.25, 0.3) is 0 Å². The molecule has 2 aromatic rings. The number of rotatable bonds is 7. The third-order valence-corrected chi connectivity index (χ3v) is 6.72. The molecule has 1 aromatic heterocycles. The Hall–Kier alpha value is -1.80. The molecule has 1 aliphatic rings. The van der Waals surface area contributed by atoms with Gasteiger partial charge in [0.15, 0.2) is 15.6 Å². The molecule has 1 aromatic carbocycles. The maximum atomic E-state index is 12.8. The van der Waals surface area contributed by atoms with Crippen LogP contribution in [0.5, 0.6) is 5.75 Å². The molecule has 146 valence electrons. The molecule has 1 amide bonds. The first-order valence-corrected chi connectivity index (χ1v) is 11.5. The number of carbonyl (C=O) groups excluding carboxylic acids is 1. The van der Waals surface area contributed by atoms with Gasteiger partial charge in [-0.1, -0.05) is 22.9 Å². The van der Waals surface area contributed by atoms with Crippen molar-refractivity contribution in [3.8, 4) is 5.75 Å². The first-order valence-electron chi connectivity index (χ1n) is 8.86. The van der Waals surface area contributed by atoms with Crippen LogP contribution >= 0.6 is 15.9 Å². The van der Waals surface area contributed by atoms with Gasteiger partial charge >= 0.3 is 0 Å². The van der Waals surface area contributed by atoms with Crippen molar-refractivity contribution in [1.29, 1.82) is 0 Å². The Bertz CT molecular complexity index is 891. The molecule has 3 rings (SSSR count). The third-order valence-electron chi connectivity index (χ3n) is 4.44. The molecule has 1 saturated heterocycles. The fourth-order valence-corrected chi connectivity index (χ4v) is 5.10. The molecule has 0 radical (unpaired) electrons. The smallest absolute Gasteiger partial charge is 0.289 e. The Labute approximate surface area is 167 Å². The summed E-state index contributed by atoms with van der Waals surface area (Å²) in [5.74, 6) is 1.34. The summed E-state index contributed by atoms with van der Waals surface area (Å²) in [7, 11) is -3.06. The van der Waals surface area contributed by atoms with Gasteiger partial charge in [-0.05, 0) is 49.2 Å². The molecule has 1 unspecified atom stereocenters. The summed E-state index contributed by atoms with van der Waals surface area (Å²) in [6.45, 7) is 2.67. The highest BCUT2D eigenvalue weighted by molar-refractivity contribution is 9.10. The van der Waals surface area contributed by atoms with E-state index in [1.807, 2.05) is 31.2 Å². The quantitative estimate of drug-likeness (QED) is 0.636. The minimum atomic E-state index is -3.06. The average Bonchev–Trinajstić information content (AvgIpc) is 3.25. The van der Waals surface area contributed by atoms with E-state index in [4.69, 9.17) is 9.15 Å². The van der Waals surface area contributed by atoms with Gasteiger partial charge in [0.25, 0.3) is 5.91 Å². The molecule has 0 N–H and O–H groups in total. The summed E-state index contributed by atoms with van der Waals surface area (Å²) in [4.78, 5) is 14.5. The van der Waals surface area contributed by atoms with Crippen molar-refractivity contribution < 1.29 is 22.4 Å². The Morgan fingerprint density at radius 3 is 2.63 bits per heavy atom. The predicted molar refractivity (Wildman–Crippen MR) is 106 cm³/mol. The maximum absolute atomic E-state index is 12.8. The number of benzene rings is 1. The Balaban J connectivity index is 1.66. The number of furan rings is 1. The zero-order valence-corrected chi connectivity index (χ0v) is 17.5. The number of amides is 1. The van der Waals surface area contributed by atoms with Crippen molar-refractivity contribution >= 4 is 31.7 Å². The molecule has 1 fully saturated rings. The zero-order chi connectivity index (χ0) is 19.4. The topological polar surface area (TPSA) is 76.8 Å². The molecule has 0 spiro atoms. The zero-order valence-electron chi connectivity index (χ0n) is 15.1. The van der Waals surface area contributed by atoms with Crippen molar-refractivity contribution in [2.24, 2.45) is 0 Å². The molecule has 0 saturated carbocycles. The highest BCUT2D eigenvalue weighted by Gasteiger charge is 2.35. The number of hydrogen-bond acceptors (Lipinski definition) is 5. The second kappa shape index (κ2) is 8.48. The summed E-state index contributed by atoms with van der Waals surface area (Å²) in [6, 6.07) is 10.5. The Kier molecular flexibility index (Phi) is 6.26. The van der Waals surface area contributed by atoms with Crippen molar-refractivity contribution in [2.45, 2.75) is 32.4 Å². The van der Waals surface area contributed by atoms with Gasteiger partial charge < -0.3 is 14.1 Å². The van der Waals surface area contributed by atoms with Gasteiger partial charge in [0.05, 0.1) is 11.5 Å². The number of carbonyl (C=O) groups is 1. The normalized spacial score (nSPS) is 18.4. The number of ether oxygens (including phenoxy) is 1. The van der Waals surface area contributed by atoms with Crippen molar-refractivity contribution in [3.63, 3.8) is 0 Å². The molecule has 6 nitrogen and oxygen atoms in total. The van der Waals surface area contributed by atoms with E-state index >= 15 is 0 Å². The van der Waals surface area contributed by atoms with Crippen molar-refractivity contribution in [1.82, 2.24) is 4.90 Å². The molecule has 8 heteroatoms. The second-order valence-corrected chi connectivity index (χ2v) is 9.71. The van der Waals surface area contributed by atoms with Crippen molar-refractivity contribution in [3.05, 3.63) is 52.4 Å². The fourth-order valence-electron chi connectivity index (χ4n) is 3.11. The number of halogens is 1. The van der Waals surface area contributed by atoms with Crippen LogP contribution in [0, 0.1) is 0 Å². The van der Waals surface area contributed by atoms with E-state index in [0.29, 0.717) is 24.5 Å². The van der Waals surface area contributed by atoms with Crippen LogP contribution in [-0.4, -0.2) is 43.3 Å². The van der Waals surface area contributed by atoms with Gasteiger partial charge in [-0.25, -0.2) is 8.42 Å². The Morgan fingerprint density at radius 1 is 1.26 bits per heavy atom. The first kappa shape index (κ1) is 19.9. The van der Waals surface area contributed by atoms with Crippen molar-refractivity contribution in [2.75, 3.05) is 18.1 Å². The molecular weight excluding hydrogens is 434 g/mol. The maximum Gasteiger partial charge on any atom is 0.289 e. The van der Waals surface area contributed by atoms with Gasteiger partial charge in [-0.2, -0.15) is 0 Å². The van der Waals surface area contributed by atoms with Crippen LogP contribution in [0.2, 0.25) is 0 Å². The fraction of sp³-hybridized carbons (Fsp3) is 0.421. The standard InChI is InChI=1S/C19H22BrNO5S/c1-2-10-21(15-9-11-27(23,24)13-15)19(22)18-8-7-17(26-18)12-25-16-5-3-14(20)4-6-16/h3-8,15H,2,9-13H2,1H3. The van der Waals surface area contributed by atoms with Crippen LogP contribution in [0.3, 0.4) is 0 Å². The average molecular weight is 456 g/mol. The monoisotopic (exact) mass is 455 g/mol. The molecule has 1 atom stereocenters. The number of hydrogen-bond donors (Lipinski definition) is 0. The highest BCUT2D eigenvalue weighted by atomic mass is 79.9. The molecule has 0 aliphatic carbocycles. The first-order chi connectivity index (χ1) is 12.9. The van der Waals surface area contributed by atoms with E-state index in [1.165, 1.54) is 0 Å². The van der Waals surface area contributed by atoms with E-state index in [9.17, 15) is 13.2 Å². The van der Waals surface area contributed by atoms with Gasteiger partial charge in [0, 0.05) is 17.1 Å². The summed E-state index contributed by atoms with van der Waals surface area (Å²) < 4.78 is 35.8. The highest BCUT2D eigenvalue weighted by Crippen LogP contribution is 2.22. The van der Waals surface area contributed by atoms with Gasteiger partial charge in [-0.15, -0.1) is 0 Å². The minimum absolute atomic E-state index is 0.0268.